The molecule has 0 atom stereocenters. The largest absolute Gasteiger partial charge is 0.491 e. The number of carbonyl (C=O) groups excluding carboxylic acids is 2. The van der Waals surface area contributed by atoms with Gasteiger partial charge < -0.3 is 14.6 Å². The minimum absolute atomic E-state index is 0.0497. The lowest BCUT2D eigenvalue weighted by atomic mass is 10.1. The first-order valence-electron chi connectivity index (χ1n) is 7.40. The molecule has 0 aliphatic rings. The smallest absolute Gasteiger partial charge is 0.178 e. The van der Waals surface area contributed by atoms with Gasteiger partial charge in [-0.25, -0.2) is 0 Å². The van der Waals surface area contributed by atoms with Crippen LogP contribution in [0.2, 0.25) is 0 Å². The number of ketones is 2. The Bertz CT molecular complexity index is 701. The molecular weight excluding hydrogens is 280 g/mol. The maximum Gasteiger partial charge on any atom is 0.178 e. The number of hydrogen-bond acceptors (Lipinski definition) is 4. The normalized spacial score (nSPS) is 11.1. The second-order valence-electron chi connectivity index (χ2n) is 5.60. The zero-order valence-corrected chi connectivity index (χ0v) is 13.5. The van der Waals surface area contributed by atoms with Crippen molar-refractivity contribution in [1.82, 2.24) is 9.88 Å². The van der Waals surface area contributed by atoms with Crippen LogP contribution in [0.15, 0.2) is 18.2 Å². The number of likely N-dealkylation sites (N-methyl/N-ethyl adjacent to an activating group) is 1. The van der Waals surface area contributed by atoms with E-state index in [0.717, 1.165) is 17.4 Å². The number of aromatic amines is 1. The highest BCUT2D eigenvalue weighted by molar-refractivity contribution is 6.04. The quantitative estimate of drug-likeness (QED) is 0.799. The molecule has 2 aromatic rings. The van der Waals surface area contributed by atoms with Crippen molar-refractivity contribution in [2.45, 2.75) is 20.3 Å². The molecule has 0 saturated heterocycles. The van der Waals surface area contributed by atoms with Gasteiger partial charge in [0.05, 0.1) is 11.3 Å². The molecule has 118 valence electrons. The fourth-order valence-electron chi connectivity index (χ4n) is 2.23. The van der Waals surface area contributed by atoms with E-state index >= 15 is 0 Å². The highest BCUT2D eigenvalue weighted by Gasteiger charge is 2.14. The lowest BCUT2D eigenvalue weighted by molar-refractivity contribution is 0.0981. The average Bonchev–Trinajstić information content (AvgIpc) is 2.87. The molecule has 0 aliphatic carbocycles. The molecule has 0 fully saturated rings. The molecule has 2 rings (SSSR count). The van der Waals surface area contributed by atoms with Crippen LogP contribution in [-0.4, -0.2) is 48.7 Å². The first-order valence-corrected chi connectivity index (χ1v) is 7.40. The standard InChI is InChI=1S/C17H22N2O3/c1-5-16(21)15-9-12-8-13(11(2)20)17(10-14(12)18-15)22-7-6-19(3)4/h8-10,18H,5-7H2,1-4H3. The number of ether oxygens (including phenoxy) is 1. The predicted molar refractivity (Wildman–Crippen MR) is 87.0 cm³/mol. The third-order valence-corrected chi connectivity index (χ3v) is 3.52. The molecule has 5 heteroatoms. The topological polar surface area (TPSA) is 62.4 Å². The summed E-state index contributed by atoms with van der Waals surface area (Å²) in [6.45, 7) is 4.61. The molecule has 0 amide bonds. The van der Waals surface area contributed by atoms with Gasteiger partial charge in [0.2, 0.25) is 0 Å². The summed E-state index contributed by atoms with van der Waals surface area (Å²) in [6, 6.07) is 5.37. The first kappa shape index (κ1) is 16.2. The SMILES string of the molecule is CCC(=O)c1cc2cc(C(C)=O)c(OCCN(C)C)cc2[nH]1. The van der Waals surface area contributed by atoms with E-state index in [4.69, 9.17) is 4.74 Å². The first-order chi connectivity index (χ1) is 10.4. The van der Waals surface area contributed by atoms with Gasteiger partial charge in [-0.05, 0) is 33.2 Å². The van der Waals surface area contributed by atoms with Gasteiger partial charge in [-0.15, -0.1) is 0 Å². The molecule has 22 heavy (non-hydrogen) atoms. The molecule has 0 radical (unpaired) electrons. The molecule has 0 bridgehead atoms. The molecule has 0 saturated carbocycles. The van der Waals surface area contributed by atoms with E-state index in [-0.39, 0.29) is 11.6 Å². The summed E-state index contributed by atoms with van der Waals surface area (Å²) in [4.78, 5) is 28.7. The Morgan fingerprint density at radius 2 is 1.95 bits per heavy atom. The lowest BCUT2D eigenvalue weighted by Crippen LogP contribution is -2.20. The summed E-state index contributed by atoms with van der Waals surface area (Å²) in [6.07, 6.45) is 0.443. The molecule has 0 aliphatic heterocycles. The molecule has 0 spiro atoms. The summed E-state index contributed by atoms with van der Waals surface area (Å²) in [5.41, 5.74) is 1.92. The third kappa shape index (κ3) is 3.54. The molecule has 1 aromatic heterocycles. The van der Waals surface area contributed by atoms with Crippen LogP contribution >= 0.6 is 0 Å². The maximum absolute atomic E-state index is 11.8. The Balaban J connectivity index is 2.38. The minimum Gasteiger partial charge on any atom is -0.491 e. The van der Waals surface area contributed by atoms with E-state index < -0.39 is 0 Å². The fraction of sp³-hybridized carbons (Fsp3) is 0.412. The van der Waals surface area contributed by atoms with Crippen molar-refractivity contribution in [1.29, 1.82) is 0 Å². The van der Waals surface area contributed by atoms with E-state index in [0.29, 0.717) is 30.0 Å². The van der Waals surface area contributed by atoms with Crippen molar-refractivity contribution in [2.24, 2.45) is 0 Å². The van der Waals surface area contributed by atoms with Gasteiger partial charge >= 0.3 is 0 Å². The van der Waals surface area contributed by atoms with Gasteiger partial charge in [0.1, 0.15) is 12.4 Å². The van der Waals surface area contributed by atoms with E-state index in [9.17, 15) is 9.59 Å². The van der Waals surface area contributed by atoms with E-state index in [1.165, 1.54) is 6.92 Å². The number of carbonyl (C=O) groups is 2. The number of hydrogen-bond donors (Lipinski definition) is 1. The monoisotopic (exact) mass is 302 g/mol. The second-order valence-corrected chi connectivity index (χ2v) is 5.60. The molecule has 1 N–H and O–H groups in total. The van der Waals surface area contributed by atoms with Crippen molar-refractivity contribution in [3.05, 3.63) is 29.5 Å². The van der Waals surface area contributed by atoms with Crippen LogP contribution in [0, 0.1) is 0 Å². The number of nitrogens with one attached hydrogen (secondary N) is 1. The highest BCUT2D eigenvalue weighted by atomic mass is 16.5. The Morgan fingerprint density at radius 1 is 1.23 bits per heavy atom. The number of benzene rings is 1. The van der Waals surface area contributed by atoms with Crippen LogP contribution in [0.5, 0.6) is 5.75 Å². The number of aromatic nitrogens is 1. The highest BCUT2D eigenvalue weighted by Crippen LogP contribution is 2.27. The number of rotatable bonds is 7. The van der Waals surface area contributed by atoms with Gasteiger partial charge in [-0.3, -0.25) is 9.59 Å². The van der Waals surface area contributed by atoms with Crippen LogP contribution in [0.1, 0.15) is 41.1 Å². The summed E-state index contributed by atoms with van der Waals surface area (Å²) < 4.78 is 5.75. The van der Waals surface area contributed by atoms with Crippen molar-refractivity contribution < 1.29 is 14.3 Å². The van der Waals surface area contributed by atoms with Gasteiger partial charge in [0, 0.05) is 29.9 Å². The third-order valence-electron chi connectivity index (χ3n) is 3.52. The molecule has 1 aromatic carbocycles. The van der Waals surface area contributed by atoms with Gasteiger partial charge in [0.15, 0.2) is 11.6 Å². The maximum atomic E-state index is 11.8. The van der Waals surface area contributed by atoms with E-state index in [1.54, 1.807) is 18.2 Å². The minimum atomic E-state index is -0.0497. The van der Waals surface area contributed by atoms with Crippen molar-refractivity contribution >= 4 is 22.5 Å². The molecule has 1 heterocycles. The molecule has 0 unspecified atom stereocenters. The van der Waals surface area contributed by atoms with Gasteiger partial charge in [-0.2, -0.15) is 0 Å². The van der Waals surface area contributed by atoms with E-state index in [1.807, 2.05) is 25.9 Å². The zero-order chi connectivity index (χ0) is 16.3. The fourth-order valence-corrected chi connectivity index (χ4v) is 2.23. The Hall–Kier alpha value is -2.14. The Morgan fingerprint density at radius 3 is 2.55 bits per heavy atom. The molecular formula is C17H22N2O3. The summed E-state index contributed by atoms with van der Waals surface area (Å²) in [5, 5.41) is 0.849. The zero-order valence-electron chi connectivity index (χ0n) is 13.5. The van der Waals surface area contributed by atoms with Gasteiger partial charge in [0.25, 0.3) is 0 Å². The predicted octanol–water partition coefficient (Wildman–Crippen LogP) is 2.90. The molecule has 5 nitrogen and oxygen atoms in total. The number of Topliss-reactive ketones (excluding diaryl/α,β-unsaturated/α-hetero) is 2. The van der Waals surface area contributed by atoms with Crippen LogP contribution in [-0.2, 0) is 0 Å². The average molecular weight is 302 g/mol. The van der Waals surface area contributed by atoms with Crippen LogP contribution in [0.25, 0.3) is 10.9 Å². The second kappa shape index (κ2) is 6.75. The number of nitrogens with zero attached hydrogens (tertiary/aromatic N) is 1. The van der Waals surface area contributed by atoms with Crippen molar-refractivity contribution in [3.8, 4) is 5.75 Å². The van der Waals surface area contributed by atoms with E-state index in [2.05, 4.69) is 4.98 Å². The number of fused-ring (bicyclic) bond motifs is 1. The van der Waals surface area contributed by atoms with Gasteiger partial charge in [-0.1, -0.05) is 6.92 Å². The van der Waals surface area contributed by atoms with Crippen molar-refractivity contribution in [2.75, 3.05) is 27.2 Å². The van der Waals surface area contributed by atoms with Crippen LogP contribution in [0.4, 0.5) is 0 Å². The van der Waals surface area contributed by atoms with Crippen LogP contribution in [0.3, 0.4) is 0 Å². The Labute approximate surface area is 130 Å². The van der Waals surface area contributed by atoms with Crippen LogP contribution < -0.4 is 4.74 Å². The summed E-state index contributed by atoms with van der Waals surface area (Å²) in [7, 11) is 3.93. The number of H-pyrrole nitrogens is 1. The summed E-state index contributed by atoms with van der Waals surface area (Å²) >= 11 is 0. The lowest BCUT2D eigenvalue weighted by Gasteiger charge is -2.13. The Kier molecular flexibility index (Phi) is 4.98. The summed E-state index contributed by atoms with van der Waals surface area (Å²) in [5.74, 6) is 0.557. The van der Waals surface area contributed by atoms with Crippen molar-refractivity contribution in [3.63, 3.8) is 0 Å².